The van der Waals surface area contributed by atoms with Crippen LogP contribution >= 0.6 is 0 Å². The summed E-state index contributed by atoms with van der Waals surface area (Å²) in [6, 6.07) is 6.20. The first-order valence-electron chi connectivity index (χ1n) is 6.72. The Balaban J connectivity index is 1.89. The molecular weight excluding hydrogens is 242 g/mol. The van der Waals surface area contributed by atoms with Gasteiger partial charge in [0.05, 0.1) is 13.2 Å². The summed E-state index contributed by atoms with van der Waals surface area (Å²) in [5.41, 5.74) is 8.46. The third-order valence-corrected chi connectivity index (χ3v) is 3.66. The van der Waals surface area contributed by atoms with Crippen LogP contribution in [0.3, 0.4) is 0 Å². The Hall–Kier alpha value is -1.10. The third-order valence-electron chi connectivity index (χ3n) is 3.66. The maximum atomic E-state index is 5.96. The lowest BCUT2D eigenvalue weighted by molar-refractivity contribution is -0.107. The van der Waals surface area contributed by atoms with Crippen LogP contribution in [0.1, 0.15) is 17.5 Å². The van der Waals surface area contributed by atoms with Crippen LogP contribution in [0, 0.1) is 13.8 Å². The lowest BCUT2D eigenvalue weighted by Gasteiger charge is -2.41. The Kier molecular flexibility index (Phi) is 4.80. The molecule has 0 aliphatic heterocycles. The molecule has 4 nitrogen and oxygen atoms in total. The van der Waals surface area contributed by atoms with Crippen LogP contribution in [0.25, 0.3) is 0 Å². The Bertz CT molecular complexity index is 422. The lowest BCUT2D eigenvalue weighted by atomic mass is 9.86. The molecule has 4 heteroatoms. The van der Waals surface area contributed by atoms with Gasteiger partial charge in [-0.1, -0.05) is 6.07 Å². The normalized spacial score (nSPS) is 26.0. The van der Waals surface area contributed by atoms with Crippen LogP contribution in [0.5, 0.6) is 5.75 Å². The molecule has 0 aromatic heterocycles. The molecular formula is C15H23NO3. The van der Waals surface area contributed by atoms with Crippen LogP contribution < -0.4 is 10.5 Å². The van der Waals surface area contributed by atoms with Crippen molar-refractivity contribution in [2.24, 2.45) is 5.73 Å². The number of nitrogens with two attached hydrogens (primary N) is 1. The second-order valence-electron chi connectivity index (χ2n) is 5.13. The molecule has 106 valence electrons. The van der Waals surface area contributed by atoms with Gasteiger partial charge in [0, 0.05) is 19.6 Å². The maximum Gasteiger partial charge on any atom is 0.128 e. The predicted octanol–water partition coefficient (Wildman–Crippen LogP) is 1.81. The summed E-state index contributed by atoms with van der Waals surface area (Å²) in [6.07, 6.45) is 0.857. The molecule has 0 spiro atoms. The average Bonchev–Trinajstić information content (AvgIpc) is 2.38. The van der Waals surface area contributed by atoms with E-state index in [1.165, 1.54) is 11.1 Å². The summed E-state index contributed by atoms with van der Waals surface area (Å²) in [4.78, 5) is 0. The molecule has 0 saturated heterocycles. The van der Waals surface area contributed by atoms with E-state index < -0.39 is 0 Å². The van der Waals surface area contributed by atoms with Crippen molar-refractivity contribution >= 4 is 0 Å². The summed E-state index contributed by atoms with van der Waals surface area (Å²) in [7, 11) is 1.66. The summed E-state index contributed by atoms with van der Waals surface area (Å²) in [5.74, 6) is 0.889. The minimum atomic E-state index is -0.0308. The van der Waals surface area contributed by atoms with Crippen molar-refractivity contribution in [1.82, 2.24) is 0 Å². The van der Waals surface area contributed by atoms with Crippen molar-refractivity contribution in [2.45, 2.75) is 38.5 Å². The largest absolute Gasteiger partial charge is 0.488 e. The molecule has 19 heavy (non-hydrogen) atoms. The van der Waals surface area contributed by atoms with Crippen LogP contribution in [-0.2, 0) is 9.47 Å². The summed E-state index contributed by atoms with van der Waals surface area (Å²) >= 11 is 0. The SMILES string of the molecule is COCCOC1C(N)CC1Oc1ccc(C)c(C)c1. The van der Waals surface area contributed by atoms with Gasteiger partial charge < -0.3 is 19.9 Å². The number of aryl methyl sites for hydroxylation is 2. The van der Waals surface area contributed by atoms with Crippen LogP contribution in [-0.4, -0.2) is 38.6 Å². The van der Waals surface area contributed by atoms with E-state index in [-0.39, 0.29) is 18.2 Å². The van der Waals surface area contributed by atoms with Gasteiger partial charge in [0.1, 0.15) is 18.0 Å². The highest BCUT2D eigenvalue weighted by molar-refractivity contribution is 5.34. The molecule has 0 radical (unpaired) electrons. The second kappa shape index (κ2) is 6.37. The number of hydrogen-bond acceptors (Lipinski definition) is 4. The monoisotopic (exact) mass is 265 g/mol. The van der Waals surface area contributed by atoms with E-state index in [4.69, 9.17) is 19.9 Å². The summed E-state index contributed by atoms with van der Waals surface area (Å²) in [5, 5.41) is 0. The van der Waals surface area contributed by atoms with E-state index in [2.05, 4.69) is 26.0 Å². The number of benzene rings is 1. The van der Waals surface area contributed by atoms with Crippen molar-refractivity contribution in [3.05, 3.63) is 29.3 Å². The molecule has 0 heterocycles. The molecule has 1 aliphatic carbocycles. The highest BCUT2D eigenvalue weighted by atomic mass is 16.6. The molecule has 2 N–H and O–H groups in total. The number of hydrogen-bond donors (Lipinski definition) is 1. The standard InChI is InChI=1S/C15H23NO3/c1-10-4-5-12(8-11(10)2)19-14-9-13(16)15(14)18-7-6-17-3/h4-5,8,13-15H,6-7,9,16H2,1-3H3. The average molecular weight is 265 g/mol. The smallest absolute Gasteiger partial charge is 0.128 e. The molecule has 1 aliphatic rings. The summed E-state index contributed by atoms with van der Waals surface area (Å²) in [6.45, 7) is 5.32. The van der Waals surface area contributed by atoms with Gasteiger partial charge >= 0.3 is 0 Å². The Morgan fingerprint density at radius 1 is 1.21 bits per heavy atom. The van der Waals surface area contributed by atoms with Gasteiger partial charge in [-0.15, -0.1) is 0 Å². The molecule has 0 bridgehead atoms. The molecule has 2 rings (SSSR count). The van der Waals surface area contributed by atoms with Crippen LogP contribution in [0.2, 0.25) is 0 Å². The van der Waals surface area contributed by atoms with Crippen molar-refractivity contribution in [2.75, 3.05) is 20.3 Å². The van der Waals surface area contributed by atoms with Crippen molar-refractivity contribution < 1.29 is 14.2 Å². The van der Waals surface area contributed by atoms with Gasteiger partial charge in [-0.25, -0.2) is 0 Å². The number of rotatable bonds is 6. The van der Waals surface area contributed by atoms with Crippen molar-refractivity contribution in [3.8, 4) is 5.75 Å². The Morgan fingerprint density at radius 2 is 2.00 bits per heavy atom. The van der Waals surface area contributed by atoms with E-state index in [0.717, 1.165) is 12.2 Å². The fraction of sp³-hybridized carbons (Fsp3) is 0.600. The molecule has 1 aromatic carbocycles. The van der Waals surface area contributed by atoms with Gasteiger partial charge in [0.2, 0.25) is 0 Å². The fourth-order valence-electron chi connectivity index (χ4n) is 2.19. The topological polar surface area (TPSA) is 53.7 Å². The molecule has 3 atom stereocenters. The molecule has 1 saturated carbocycles. The van der Waals surface area contributed by atoms with Gasteiger partial charge in [0.15, 0.2) is 0 Å². The second-order valence-corrected chi connectivity index (χ2v) is 5.13. The van der Waals surface area contributed by atoms with Crippen molar-refractivity contribution in [1.29, 1.82) is 0 Å². The first-order valence-corrected chi connectivity index (χ1v) is 6.72. The van der Waals surface area contributed by atoms with E-state index in [1.54, 1.807) is 7.11 Å². The van der Waals surface area contributed by atoms with Crippen molar-refractivity contribution in [3.63, 3.8) is 0 Å². The highest BCUT2D eigenvalue weighted by Gasteiger charge is 2.41. The van der Waals surface area contributed by atoms with E-state index in [0.29, 0.717) is 13.2 Å². The van der Waals surface area contributed by atoms with Gasteiger partial charge in [-0.05, 0) is 37.1 Å². The molecule has 1 aromatic rings. The number of methoxy groups -OCH3 is 1. The lowest BCUT2D eigenvalue weighted by Crippen LogP contribution is -2.59. The quantitative estimate of drug-likeness (QED) is 0.797. The zero-order chi connectivity index (χ0) is 13.8. The number of ether oxygens (including phenoxy) is 3. The zero-order valence-electron chi connectivity index (χ0n) is 11.9. The minimum Gasteiger partial charge on any atom is -0.488 e. The molecule has 3 unspecified atom stereocenters. The molecule has 1 fully saturated rings. The van der Waals surface area contributed by atoms with E-state index in [9.17, 15) is 0 Å². The maximum absolute atomic E-state index is 5.96. The minimum absolute atomic E-state index is 0.0308. The third kappa shape index (κ3) is 3.47. The van der Waals surface area contributed by atoms with Gasteiger partial charge in [-0.2, -0.15) is 0 Å². The first-order chi connectivity index (χ1) is 9.11. The van der Waals surface area contributed by atoms with E-state index in [1.807, 2.05) is 6.07 Å². The van der Waals surface area contributed by atoms with Gasteiger partial charge in [-0.3, -0.25) is 0 Å². The fourth-order valence-corrected chi connectivity index (χ4v) is 2.19. The molecule has 0 amide bonds. The Labute approximate surface area is 114 Å². The predicted molar refractivity (Wildman–Crippen MR) is 74.5 cm³/mol. The first kappa shape index (κ1) is 14.3. The summed E-state index contributed by atoms with van der Waals surface area (Å²) < 4.78 is 16.6. The Morgan fingerprint density at radius 3 is 2.63 bits per heavy atom. The van der Waals surface area contributed by atoms with Crippen LogP contribution in [0.15, 0.2) is 18.2 Å². The van der Waals surface area contributed by atoms with Crippen LogP contribution in [0.4, 0.5) is 0 Å². The zero-order valence-corrected chi connectivity index (χ0v) is 11.9. The highest BCUT2D eigenvalue weighted by Crippen LogP contribution is 2.28. The van der Waals surface area contributed by atoms with E-state index >= 15 is 0 Å². The van der Waals surface area contributed by atoms with Gasteiger partial charge in [0.25, 0.3) is 0 Å².